The Morgan fingerprint density at radius 1 is 1.21 bits per heavy atom. The SMILES string of the molecule is CCOC(=O)c1c(C)[nH]c(C(=O)NCc2ccc(N3CCN(C)CC3)nc2)c1C. The lowest BCUT2D eigenvalue weighted by atomic mass is 10.1. The van der Waals surface area contributed by atoms with Crippen LogP contribution in [-0.4, -0.2) is 66.6 Å². The molecule has 0 aliphatic carbocycles. The topological polar surface area (TPSA) is 90.6 Å². The highest BCUT2D eigenvalue weighted by atomic mass is 16.5. The molecule has 0 saturated carbocycles. The minimum atomic E-state index is -0.415. The third-order valence-electron chi connectivity index (χ3n) is 5.23. The fourth-order valence-electron chi connectivity index (χ4n) is 3.50. The molecule has 1 saturated heterocycles. The van der Waals surface area contributed by atoms with Crippen LogP contribution in [0.4, 0.5) is 5.82 Å². The Kier molecular flexibility index (Phi) is 6.53. The number of aromatic amines is 1. The Balaban J connectivity index is 1.61. The van der Waals surface area contributed by atoms with E-state index in [9.17, 15) is 9.59 Å². The van der Waals surface area contributed by atoms with Crippen LogP contribution in [-0.2, 0) is 11.3 Å². The maximum Gasteiger partial charge on any atom is 0.340 e. The number of rotatable bonds is 6. The molecule has 8 heteroatoms. The van der Waals surface area contributed by atoms with E-state index >= 15 is 0 Å². The van der Waals surface area contributed by atoms with E-state index in [0.717, 1.165) is 37.6 Å². The number of hydrogen-bond donors (Lipinski definition) is 2. The summed E-state index contributed by atoms with van der Waals surface area (Å²) in [6.45, 7) is 9.91. The molecular weight excluding hydrogens is 370 g/mol. The first-order valence-corrected chi connectivity index (χ1v) is 9.93. The molecule has 2 N–H and O–H groups in total. The quantitative estimate of drug-likeness (QED) is 0.721. The van der Waals surface area contributed by atoms with Crippen molar-refractivity contribution in [3.8, 4) is 0 Å². The molecular formula is C21H29N5O3. The molecule has 0 aromatic carbocycles. The minimum absolute atomic E-state index is 0.260. The van der Waals surface area contributed by atoms with Crippen molar-refractivity contribution in [2.24, 2.45) is 0 Å². The number of piperazine rings is 1. The van der Waals surface area contributed by atoms with Gasteiger partial charge in [0.2, 0.25) is 0 Å². The van der Waals surface area contributed by atoms with Gasteiger partial charge in [-0.15, -0.1) is 0 Å². The average Bonchev–Trinajstić information content (AvgIpc) is 3.01. The number of aromatic nitrogens is 2. The van der Waals surface area contributed by atoms with Crippen LogP contribution in [0.5, 0.6) is 0 Å². The summed E-state index contributed by atoms with van der Waals surface area (Å²) >= 11 is 0. The summed E-state index contributed by atoms with van der Waals surface area (Å²) in [7, 11) is 2.12. The first kappa shape index (κ1) is 20.9. The molecule has 0 atom stereocenters. The minimum Gasteiger partial charge on any atom is -0.462 e. The highest BCUT2D eigenvalue weighted by molar-refractivity contribution is 6.00. The fraction of sp³-hybridized carbons (Fsp3) is 0.476. The van der Waals surface area contributed by atoms with Crippen LogP contribution in [0.2, 0.25) is 0 Å². The fourth-order valence-corrected chi connectivity index (χ4v) is 3.50. The van der Waals surface area contributed by atoms with E-state index in [2.05, 4.69) is 32.1 Å². The Morgan fingerprint density at radius 3 is 2.55 bits per heavy atom. The summed E-state index contributed by atoms with van der Waals surface area (Å²) in [4.78, 5) is 36.8. The highest BCUT2D eigenvalue weighted by Gasteiger charge is 2.22. The highest BCUT2D eigenvalue weighted by Crippen LogP contribution is 2.19. The maximum absolute atomic E-state index is 12.6. The smallest absolute Gasteiger partial charge is 0.340 e. The molecule has 3 heterocycles. The van der Waals surface area contributed by atoms with Crippen LogP contribution in [0.3, 0.4) is 0 Å². The van der Waals surface area contributed by atoms with Crippen molar-refractivity contribution in [2.75, 3.05) is 44.7 Å². The van der Waals surface area contributed by atoms with Gasteiger partial charge in [0.05, 0.1) is 12.2 Å². The van der Waals surface area contributed by atoms with Gasteiger partial charge in [-0.05, 0) is 45.0 Å². The van der Waals surface area contributed by atoms with Crippen LogP contribution in [0.15, 0.2) is 18.3 Å². The Bertz CT molecular complexity index is 867. The van der Waals surface area contributed by atoms with E-state index in [1.807, 2.05) is 12.1 Å². The van der Waals surface area contributed by atoms with Gasteiger partial charge in [0.25, 0.3) is 5.91 Å². The van der Waals surface area contributed by atoms with E-state index in [1.165, 1.54) is 0 Å². The molecule has 0 spiro atoms. The number of carbonyl (C=O) groups excluding carboxylic acids is 2. The van der Waals surface area contributed by atoms with Gasteiger partial charge in [0.15, 0.2) is 0 Å². The summed E-state index contributed by atoms with van der Waals surface area (Å²) in [6, 6.07) is 3.98. The summed E-state index contributed by atoms with van der Waals surface area (Å²) in [5.41, 5.74) is 2.96. The van der Waals surface area contributed by atoms with Crippen molar-refractivity contribution >= 4 is 17.7 Å². The molecule has 2 aromatic rings. The lowest BCUT2D eigenvalue weighted by molar-refractivity contribution is 0.0525. The number of anilines is 1. The van der Waals surface area contributed by atoms with Crippen molar-refractivity contribution in [3.05, 3.63) is 46.4 Å². The molecule has 0 unspecified atom stereocenters. The normalized spacial score (nSPS) is 14.7. The lowest BCUT2D eigenvalue weighted by Gasteiger charge is -2.33. The van der Waals surface area contributed by atoms with E-state index in [-0.39, 0.29) is 5.91 Å². The molecule has 1 aliphatic heterocycles. The molecule has 8 nitrogen and oxygen atoms in total. The van der Waals surface area contributed by atoms with E-state index in [0.29, 0.717) is 35.7 Å². The van der Waals surface area contributed by atoms with Gasteiger partial charge < -0.3 is 24.8 Å². The second-order valence-electron chi connectivity index (χ2n) is 7.34. The third-order valence-corrected chi connectivity index (χ3v) is 5.23. The number of nitrogens with one attached hydrogen (secondary N) is 2. The molecule has 29 heavy (non-hydrogen) atoms. The number of aryl methyl sites for hydroxylation is 1. The second-order valence-corrected chi connectivity index (χ2v) is 7.34. The van der Waals surface area contributed by atoms with Gasteiger partial charge >= 0.3 is 5.97 Å². The molecule has 3 rings (SSSR count). The molecule has 156 valence electrons. The van der Waals surface area contributed by atoms with Gasteiger partial charge in [-0.3, -0.25) is 4.79 Å². The number of amides is 1. The first-order chi connectivity index (χ1) is 13.9. The number of ether oxygens (including phenoxy) is 1. The zero-order chi connectivity index (χ0) is 21.0. The van der Waals surface area contributed by atoms with Gasteiger partial charge in [0, 0.05) is 44.6 Å². The van der Waals surface area contributed by atoms with Crippen molar-refractivity contribution in [1.82, 2.24) is 20.2 Å². The van der Waals surface area contributed by atoms with E-state index in [4.69, 9.17) is 4.74 Å². The number of carbonyl (C=O) groups is 2. The standard InChI is InChI=1S/C21H29N5O3/c1-5-29-21(28)18-14(2)19(24-15(18)3)20(27)23-13-16-6-7-17(22-12-16)26-10-8-25(4)9-11-26/h6-7,12,24H,5,8-11,13H2,1-4H3,(H,23,27). The van der Waals surface area contributed by atoms with Crippen molar-refractivity contribution < 1.29 is 14.3 Å². The van der Waals surface area contributed by atoms with Crippen LogP contribution in [0, 0.1) is 13.8 Å². The summed E-state index contributed by atoms with van der Waals surface area (Å²) in [5, 5.41) is 2.89. The second kappa shape index (κ2) is 9.09. The van der Waals surface area contributed by atoms with E-state index in [1.54, 1.807) is 27.0 Å². The van der Waals surface area contributed by atoms with Gasteiger partial charge in [-0.2, -0.15) is 0 Å². The maximum atomic E-state index is 12.6. The lowest BCUT2D eigenvalue weighted by Crippen LogP contribution is -2.44. The number of pyridine rings is 1. The van der Waals surface area contributed by atoms with Crippen LogP contribution < -0.4 is 10.2 Å². The zero-order valence-electron chi connectivity index (χ0n) is 17.5. The zero-order valence-corrected chi connectivity index (χ0v) is 17.5. The number of nitrogens with zero attached hydrogens (tertiary/aromatic N) is 3. The molecule has 0 bridgehead atoms. The molecule has 2 aromatic heterocycles. The van der Waals surface area contributed by atoms with Gasteiger partial charge in [0.1, 0.15) is 11.5 Å². The van der Waals surface area contributed by atoms with Crippen molar-refractivity contribution in [1.29, 1.82) is 0 Å². The summed E-state index contributed by atoms with van der Waals surface area (Å²) in [6.07, 6.45) is 1.80. The molecule has 1 aliphatic rings. The first-order valence-electron chi connectivity index (χ1n) is 9.93. The Labute approximate surface area is 171 Å². The Morgan fingerprint density at radius 2 is 1.93 bits per heavy atom. The summed E-state index contributed by atoms with van der Waals surface area (Å²) in [5.74, 6) is 0.286. The van der Waals surface area contributed by atoms with E-state index < -0.39 is 5.97 Å². The number of H-pyrrole nitrogens is 1. The van der Waals surface area contributed by atoms with Gasteiger partial charge in [-0.1, -0.05) is 6.07 Å². The third kappa shape index (κ3) is 4.76. The predicted octanol–water partition coefficient (Wildman–Crippen LogP) is 1.89. The number of likely N-dealkylation sites (N-methyl/N-ethyl adjacent to an activating group) is 1. The van der Waals surface area contributed by atoms with Crippen molar-refractivity contribution in [2.45, 2.75) is 27.3 Å². The van der Waals surface area contributed by atoms with Crippen LogP contribution in [0.1, 0.15) is 44.6 Å². The molecule has 0 radical (unpaired) electrons. The summed E-state index contributed by atoms with van der Waals surface area (Å²) < 4.78 is 5.07. The monoisotopic (exact) mass is 399 g/mol. The molecule has 1 fully saturated rings. The Hall–Kier alpha value is -2.87. The van der Waals surface area contributed by atoms with Crippen LogP contribution in [0.25, 0.3) is 0 Å². The number of esters is 1. The molecule has 1 amide bonds. The van der Waals surface area contributed by atoms with Crippen LogP contribution >= 0.6 is 0 Å². The number of hydrogen-bond acceptors (Lipinski definition) is 6. The largest absolute Gasteiger partial charge is 0.462 e. The van der Waals surface area contributed by atoms with Gasteiger partial charge in [-0.25, -0.2) is 9.78 Å². The average molecular weight is 399 g/mol. The van der Waals surface area contributed by atoms with Crippen molar-refractivity contribution in [3.63, 3.8) is 0 Å². The predicted molar refractivity (Wildman–Crippen MR) is 111 cm³/mol.